The summed E-state index contributed by atoms with van der Waals surface area (Å²) < 4.78 is 18.5. The number of aliphatic carboxylic acids is 1. The van der Waals surface area contributed by atoms with E-state index in [1.54, 1.807) is 0 Å². The van der Waals surface area contributed by atoms with Crippen molar-refractivity contribution >= 4 is 17.8 Å². The highest BCUT2D eigenvalue weighted by Crippen LogP contribution is 2.19. The van der Waals surface area contributed by atoms with Crippen molar-refractivity contribution in [1.82, 2.24) is 9.80 Å². The summed E-state index contributed by atoms with van der Waals surface area (Å²) in [5.74, 6) is -2.95. The van der Waals surface area contributed by atoms with Crippen LogP contribution in [0.2, 0.25) is 0 Å². The lowest BCUT2D eigenvalue weighted by Gasteiger charge is -2.32. The number of carboxylic acid groups (broad SMARTS) is 1. The molecule has 1 atom stereocenters. The number of halogens is 1. The molecule has 1 aliphatic rings. The molecule has 7 nitrogen and oxygen atoms in total. The van der Waals surface area contributed by atoms with Gasteiger partial charge in [-0.15, -0.1) is 0 Å². The molecule has 0 aromatic heterocycles. The first-order valence-electron chi connectivity index (χ1n) is 7.93. The number of likely N-dealkylation sites (N-methyl/N-ethyl adjacent to an activating group) is 1. The summed E-state index contributed by atoms with van der Waals surface area (Å²) >= 11 is 0. The van der Waals surface area contributed by atoms with Gasteiger partial charge in [0.15, 0.2) is 11.6 Å². The van der Waals surface area contributed by atoms with E-state index < -0.39 is 23.6 Å². The molecule has 0 saturated carbocycles. The summed E-state index contributed by atoms with van der Waals surface area (Å²) in [6.45, 7) is 0.425. The molecular formula is C17H21FN2O5. The summed E-state index contributed by atoms with van der Waals surface area (Å²) in [5, 5.41) is 9.08. The second-order valence-corrected chi connectivity index (χ2v) is 6.03. The molecule has 0 radical (unpaired) electrons. The SMILES string of the molecule is COc1ccc(C(=O)N(C)CC(=O)N2CCCC(C(=O)O)C2)cc1F. The second-order valence-electron chi connectivity index (χ2n) is 6.03. The van der Waals surface area contributed by atoms with Gasteiger partial charge in [-0.3, -0.25) is 14.4 Å². The minimum Gasteiger partial charge on any atom is -0.494 e. The van der Waals surface area contributed by atoms with Gasteiger partial charge in [-0.1, -0.05) is 0 Å². The molecular weight excluding hydrogens is 331 g/mol. The fourth-order valence-corrected chi connectivity index (χ4v) is 2.80. The Bertz CT molecular complexity index is 679. The zero-order chi connectivity index (χ0) is 18.6. The van der Waals surface area contributed by atoms with Gasteiger partial charge in [0.1, 0.15) is 0 Å². The number of hydrogen-bond acceptors (Lipinski definition) is 4. The standard InChI is InChI=1S/C17H21FN2O5/c1-19(16(22)11-5-6-14(25-2)13(18)8-11)10-15(21)20-7-3-4-12(9-20)17(23)24/h5-6,8,12H,3-4,7,9-10H2,1-2H3,(H,23,24). The number of methoxy groups -OCH3 is 1. The summed E-state index contributed by atoms with van der Waals surface area (Å²) in [7, 11) is 2.77. The minimum absolute atomic E-state index is 0.0308. The Morgan fingerprint density at radius 1 is 1.40 bits per heavy atom. The fourth-order valence-electron chi connectivity index (χ4n) is 2.80. The number of rotatable bonds is 5. The van der Waals surface area contributed by atoms with Gasteiger partial charge in [0.2, 0.25) is 5.91 Å². The van der Waals surface area contributed by atoms with Crippen molar-refractivity contribution in [3.05, 3.63) is 29.6 Å². The summed E-state index contributed by atoms with van der Waals surface area (Å²) in [6, 6.07) is 3.83. The highest BCUT2D eigenvalue weighted by molar-refractivity contribution is 5.96. The molecule has 1 heterocycles. The number of hydrogen-bond donors (Lipinski definition) is 1. The Labute approximate surface area is 145 Å². The van der Waals surface area contributed by atoms with Crippen molar-refractivity contribution in [2.45, 2.75) is 12.8 Å². The minimum atomic E-state index is -0.921. The quantitative estimate of drug-likeness (QED) is 0.861. The lowest BCUT2D eigenvalue weighted by Crippen LogP contribution is -2.46. The number of carbonyl (C=O) groups excluding carboxylic acids is 2. The molecule has 1 aromatic carbocycles. The number of amides is 2. The molecule has 8 heteroatoms. The highest BCUT2D eigenvalue weighted by Gasteiger charge is 2.29. The normalized spacial score (nSPS) is 17.1. The smallest absolute Gasteiger partial charge is 0.308 e. The molecule has 2 amide bonds. The number of likely N-dealkylation sites (tertiary alicyclic amines) is 1. The average molecular weight is 352 g/mol. The Hall–Kier alpha value is -2.64. The van der Waals surface area contributed by atoms with Gasteiger partial charge < -0.3 is 19.6 Å². The summed E-state index contributed by atoms with van der Waals surface area (Å²) in [6.07, 6.45) is 1.16. The Balaban J connectivity index is 1.99. The van der Waals surface area contributed by atoms with Crippen LogP contribution < -0.4 is 4.74 Å². The van der Waals surface area contributed by atoms with Crippen LogP contribution >= 0.6 is 0 Å². The topological polar surface area (TPSA) is 87.2 Å². The lowest BCUT2D eigenvalue weighted by atomic mass is 9.98. The molecule has 1 fully saturated rings. The van der Waals surface area contributed by atoms with E-state index >= 15 is 0 Å². The van der Waals surface area contributed by atoms with Crippen molar-refractivity contribution in [2.75, 3.05) is 33.8 Å². The largest absolute Gasteiger partial charge is 0.494 e. The van der Waals surface area contributed by atoms with Gasteiger partial charge in [-0.25, -0.2) is 4.39 Å². The van der Waals surface area contributed by atoms with E-state index in [1.165, 1.54) is 36.1 Å². The van der Waals surface area contributed by atoms with Crippen LogP contribution in [0.25, 0.3) is 0 Å². The first kappa shape index (κ1) is 18.7. The number of carbonyl (C=O) groups is 3. The third-order valence-electron chi connectivity index (χ3n) is 4.24. The predicted molar refractivity (Wildman–Crippen MR) is 86.9 cm³/mol. The third-order valence-corrected chi connectivity index (χ3v) is 4.24. The van der Waals surface area contributed by atoms with Crippen LogP contribution in [0.3, 0.4) is 0 Å². The first-order valence-corrected chi connectivity index (χ1v) is 7.93. The number of nitrogens with zero attached hydrogens (tertiary/aromatic N) is 2. The average Bonchev–Trinajstić information content (AvgIpc) is 2.60. The second kappa shape index (κ2) is 7.96. The van der Waals surface area contributed by atoms with E-state index in [0.29, 0.717) is 19.4 Å². The van der Waals surface area contributed by atoms with Gasteiger partial charge in [-0.2, -0.15) is 0 Å². The van der Waals surface area contributed by atoms with E-state index in [2.05, 4.69) is 0 Å². The maximum absolute atomic E-state index is 13.7. The Morgan fingerprint density at radius 2 is 2.12 bits per heavy atom. The maximum atomic E-state index is 13.7. The van der Waals surface area contributed by atoms with Crippen LogP contribution in [-0.2, 0) is 9.59 Å². The maximum Gasteiger partial charge on any atom is 0.308 e. The van der Waals surface area contributed by atoms with Crippen molar-refractivity contribution < 1.29 is 28.6 Å². The molecule has 1 N–H and O–H groups in total. The first-order chi connectivity index (χ1) is 11.8. The van der Waals surface area contributed by atoms with E-state index in [-0.39, 0.29) is 30.3 Å². The van der Waals surface area contributed by atoms with Crippen LogP contribution in [0.4, 0.5) is 4.39 Å². The molecule has 1 aliphatic heterocycles. The van der Waals surface area contributed by atoms with Crippen LogP contribution in [0.15, 0.2) is 18.2 Å². The predicted octanol–water partition coefficient (Wildman–Crippen LogP) is 1.23. The van der Waals surface area contributed by atoms with E-state index in [4.69, 9.17) is 9.84 Å². The van der Waals surface area contributed by atoms with Crippen molar-refractivity contribution in [1.29, 1.82) is 0 Å². The van der Waals surface area contributed by atoms with Crippen molar-refractivity contribution in [3.8, 4) is 5.75 Å². The Kier molecular flexibility index (Phi) is 5.95. The zero-order valence-corrected chi connectivity index (χ0v) is 14.2. The molecule has 1 aromatic rings. The van der Waals surface area contributed by atoms with Crippen molar-refractivity contribution in [2.24, 2.45) is 5.92 Å². The number of benzene rings is 1. The molecule has 2 rings (SSSR count). The van der Waals surface area contributed by atoms with Crippen LogP contribution in [0, 0.1) is 11.7 Å². The molecule has 0 spiro atoms. The number of carboxylic acids is 1. The van der Waals surface area contributed by atoms with Gasteiger partial charge in [0, 0.05) is 25.7 Å². The summed E-state index contributed by atoms with van der Waals surface area (Å²) in [5.41, 5.74) is 0.107. The molecule has 1 unspecified atom stereocenters. The van der Waals surface area contributed by atoms with Gasteiger partial charge in [0.05, 0.1) is 19.6 Å². The van der Waals surface area contributed by atoms with Crippen LogP contribution in [-0.4, -0.2) is 66.5 Å². The Morgan fingerprint density at radius 3 is 2.72 bits per heavy atom. The molecule has 25 heavy (non-hydrogen) atoms. The van der Waals surface area contributed by atoms with Crippen LogP contribution in [0.5, 0.6) is 5.75 Å². The van der Waals surface area contributed by atoms with E-state index in [9.17, 15) is 18.8 Å². The third kappa shape index (κ3) is 4.46. The molecule has 136 valence electrons. The zero-order valence-electron chi connectivity index (χ0n) is 14.2. The number of piperidine rings is 1. The fraction of sp³-hybridized carbons (Fsp3) is 0.471. The van der Waals surface area contributed by atoms with Crippen molar-refractivity contribution in [3.63, 3.8) is 0 Å². The van der Waals surface area contributed by atoms with Crippen LogP contribution in [0.1, 0.15) is 23.2 Å². The number of ether oxygens (including phenoxy) is 1. The molecule has 0 aliphatic carbocycles. The van der Waals surface area contributed by atoms with Gasteiger partial charge in [0.25, 0.3) is 5.91 Å². The van der Waals surface area contributed by atoms with E-state index in [0.717, 1.165) is 6.07 Å². The lowest BCUT2D eigenvalue weighted by molar-refractivity contribution is -0.145. The van der Waals surface area contributed by atoms with E-state index in [1.807, 2.05) is 0 Å². The molecule has 1 saturated heterocycles. The monoisotopic (exact) mass is 352 g/mol. The highest BCUT2D eigenvalue weighted by atomic mass is 19.1. The van der Waals surface area contributed by atoms with Gasteiger partial charge in [-0.05, 0) is 31.0 Å². The summed E-state index contributed by atoms with van der Waals surface area (Å²) in [4.78, 5) is 38.4. The van der Waals surface area contributed by atoms with Gasteiger partial charge >= 0.3 is 5.97 Å². The molecule has 0 bridgehead atoms.